The maximum atomic E-state index is 13.3. The number of nitrogens with zero attached hydrogens (tertiary/aromatic N) is 1. The molecular weight excluding hydrogens is 269 g/mol. The summed E-state index contributed by atoms with van der Waals surface area (Å²) in [5.74, 6) is 0.863. The summed E-state index contributed by atoms with van der Waals surface area (Å²) in [5.41, 5.74) is 1.60. The van der Waals surface area contributed by atoms with Crippen LogP contribution < -0.4 is 9.47 Å². The molecule has 2 aromatic carbocycles. The lowest BCUT2D eigenvalue weighted by Gasteiger charge is -2.08. The topological polar surface area (TPSA) is 42.2 Å². The van der Waals surface area contributed by atoms with E-state index < -0.39 is 0 Å². The lowest BCUT2D eigenvalue weighted by atomic mass is 10.0. The molecule has 0 bridgehead atoms. The lowest BCUT2D eigenvalue weighted by Crippen LogP contribution is -1.91. The highest BCUT2D eigenvalue weighted by Gasteiger charge is 2.07. The Labute approximate surface area is 122 Å². The molecule has 0 N–H and O–H groups in total. The van der Waals surface area contributed by atoms with E-state index in [9.17, 15) is 9.65 Å². The Morgan fingerprint density at radius 1 is 1.14 bits per heavy atom. The van der Waals surface area contributed by atoms with Crippen LogP contribution in [0.5, 0.6) is 11.5 Å². The molecule has 3 nitrogen and oxygen atoms in total. The van der Waals surface area contributed by atoms with Crippen molar-refractivity contribution in [2.75, 3.05) is 14.2 Å². The molecule has 4 heteroatoms. The van der Waals surface area contributed by atoms with Gasteiger partial charge in [0.2, 0.25) is 0 Å². The fourth-order valence-corrected chi connectivity index (χ4v) is 1.93. The van der Waals surface area contributed by atoms with E-state index in [1.807, 2.05) is 0 Å². The first-order valence-corrected chi connectivity index (χ1v) is 6.27. The summed E-state index contributed by atoms with van der Waals surface area (Å²) in [4.78, 5) is 0. The molecule has 0 aromatic heterocycles. The number of allylic oxidation sites excluding steroid dienone is 1. The van der Waals surface area contributed by atoms with Crippen LogP contribution in [0.25, 0.3) is 11.6 Å². The number of benzene rings is 2. The summed E-state index contributed by atoms with van der Waals surface area (Å²) in [7, 11) is 3.11. The van der Waals surface area contributed by atoms with Crippen LogP contribution in [0.2, 0.25) is 0 Å². The molecule has 0 aliphatic heterocycles. The third-order valence-corrected chi connectivity index (χ3v) is 3.00. The van der Waals surface area contributed by atoms with Crippen molar-refractivity contribution >= 4 is 11.6 Å². The first-order valence-electron chi connectivity index (χ1n) is 6.27. The fraction of sp³-hybridized carbons (Fsp3) is 0.118. The molecular formula is C17H14FNO2. The third kappa shape index (κ3) is 3.40. The van der Waals surface area contributed by atoms with E-state index >= 15 is 0 Å². The number of halogens is 1. The molecule has 0 heterocycles. The second-order valence-corrected chi connectivity index (χ2v) is 4.29. The Kier molecular flexibility index (Phi) is 4.57. The molecule has 2 aromatic rings. The predicted octanol–water partition coefficient (Wildman–Crippen LogP) is 3.91. The molecule has 0 amide bonds. The summed E-state index contributed by atoms with van der Waals surface area (Å²) >= 11 is 0. The molecule has 0 spiro atoms. The first kappa shape index (κ1) is 14.6. The summed E-state index contributed by atoms with van der Waals surface area (Å²) in [6, 6.07) is 13.3. The van der Waals surface area contributed by atoms with Crippen LogP contribution in [0.15, 0.2) is 42.5 Å². The highest BCUT2D eigenvalue weighted by Crippen LogP contribution is 2.28. The number of methoxy groups -OCH3 is 2. The number of hydrogen-bond donors (Lipinski definition) is 0. The van der Waals surface area contributed by atoms with Crippen LogP contribution >= 0.6 is 0 Å². The number of ether oxygens (including phenoxy) is 2. The van der Waals surface area contributed by atoms with Gasteiger partial charge in [0, 0.05) is 11.6 Å². The smallest absolute Gasteiger partial charge is 0.129 e. The largest absolute Gasteiger partial charge is 0.497 e. The maximum absolute atomic E-state index is 13.3. The van der Waals surface area contributed by atoms with E-state index in [1.54, 1.807) is 50.6 Å². The number of nitriles is 1. The van der Waals surface area contributed by atoms with Crippen molar-refractivity contribution in [3.05, 3.63) is 59.4 Å². The van der Waals surface area contributed by atoms with Gasteiger partial charge >= 0.3 is 0 Å². The molecule has 0 saturated heterocycles. The Bertz CT molecular complexity index is 717. The van der Waals surface area contributed by atoms with Crippen molar-refractivity contribution < 1.29 is 13.9 Å². The molecule has 0 atom stereocenters. The first-order chi connectivity index (χ1) is 10.2. The molecule has 0 aliphatic carbocycles. The van der Waals surface area contributed by atoms with Crippen LogP contribution in [0.1, 0.15) is 11.1 Å². The zero-order chi connectivity index (χ0) is 15.2. The second kappa shape index (κ2) is 6.58. The number of rotatable bonds is 4. The maximum Gasteiger partial charge on any atom is 0.129 e. The predicted molar refractivity (Wildman–Crippen MR) is 79.4 cm³/mol. The molecule has 0 radical (unpaired) electrons. The Balaban J connectivity index is 2.48. The average Bonchev–Trinajstić information content (AvgIpc) is 2.52. The lowest BCUT2D eigenvalue weighted by molar-refractivity contribution is 0.394. The van der Waals surface area contributed by atoms with E-state index in [0.717, 1.165) is 5.56 Å². The minimum Gasteiger partial charge on any atom is -0.497 e. The monoisotopic (exact) mass is 283 g/mol. The van der Waals surface area contributed by atoms with Crippen molar-refractivity contribution in [3.8, 4) is 17.6 Å². The van der Waals surface area contributed by atoms with Crippen molar-refractivity contribution in [2.45, 2.75) is 0 Å². The van der Waals surface area contributed by atoms with E-state index in [2.05, 4.69) is 6.07 Å². The Morgan fingerprint density at radius 3 is 2.57 bits per heavy atom. The van der Waals surface area contributed by atoms with Gasteiger partial charge in [-0.1, -0.05) is 12.1 Å². The van der Waals surface area contributed by atoms with Gasteiger partial charge in [-0.2, -0.15) is 5.26 Å². The number of hydrogen-bond acceptors (Lipinski definition) is 3. The Morgan fingerprint density at radius 2 is 1.95 bits per heavy atom. The van der Waals surface area contributed by atoms with Crippen LogP contribution in [0.3, 0.4) is 0 Å². The summed E-state index contributed by atoms with van der Waals surface area (Å²) in [6.07, 6.45) is 1.66. The normalized spacial score (nSPS) is 10.9. The Hall–Kier alpha value is -2.80. The van der Waals surface area contributed by atoms with Gasteiger partial charge < -0.3 is 9.47 Å². The molecule has 21 heavy (non-hydrogen) atoms. The van der Waals surface area contributed by atoms with Gasteiger partial charge in [-0.25, -0.2) is 4.39 Å². The second-order valence-electron chi connectivity index (χ2n) is 4.29. The zero-order valence-corrected chi connectivity index (χ0v) is 11.8. The van der Waals surface area contributed by atoms with Crippen LogP contribution in [0.4, 0.5) is 4.39 Å². The SMILES string of the molecule is COc1ccc(C=C(C#N)c2cccc(F)c2)c(OC)c1. The van der Waals surface area contributed by atoms with Crippen molar-refractivity contribution in [3.63, 3.8) is 0 Å². The molecule has 0 unspecified atom stereocenters. The van der Waals surface area contributed by atoms with E-state index in [-0.39, 0.29) is 5.82 Å². The highest BCUT2D eigenvalue weighted by atomic mass is 19.1. The van der Waals surface area contributed by atoms with Crippen LogP contribution in [0, 0.1) is 17.1 Å². The highest BCUT2D eigenvalue weighted by molar-refractivity contribution is 5.90. The quantitative estimate of drug-likeness (QED) is 0.631. The molecule has 0 fully saturated rings. The summed E-state index contributed by atoms with van der Waals surface area (Å²) < 4.78 is 23.7. The van der Waals surface area contributed by atoms with E-state index in [0.29, 0.717) is 22.6 Å². The molecule has 2 rings (SSSR count). The standard InChI is InChI=1S/C17H14FNO2/c1-20-16-7-6-13(17(10-16)21-2)8-14(11-19)12-4-3-5-15(18)9-12/h3-10H,1-2H3. The van der Waals surface area contributed by atoms with Gasteiger partial charge in [0.15, 0.2) is 0 Å². The van der Waals surface area contributed by atoms with Crippen LogP contribution in [-0.4, -0.2) is 14.2 Å². The van der Waals surface area contributed by atoms with Gasteiger partial charge in [0.05, 0.1) is 25.9 Å². The van der Waals surface area contributed by atoms with Gasteiger partial charge in [-0.15, -0.1) is 0 Å². The van der Waals surface area contributed by atoms with Crippen molar-refractivity contribution in [1.82, 2.24) is 0 Å². The third-order valence-electron chi connectivity index (χ3n) is 3.00. The van der Waals surface area contributed by atoms with E-state index in [1.165, 1.54) is 12.1 Å². The van der Waals surface area contributed by atoms with Gasteiger partial charge in [-0.3, -0.25) is 0 Å². The molecule has 106 valence electrons. The molecule has 0 aliphatic rings. The van der Waals surface area contributed by atoms with Crippen LogP contribution in [-0.2, 0) is 0 Å². The minimum absolute atomic E-state index is 0.359. The summed E-state index contributed by atoms with van der Waals surface area (Å²) in [6.45, 7) is 0. The molecule has 0 saturated carbocycles. The van der Waals surface area contributed by atoms with Gasteiger partial charge in [0.25, 0.3) is 0 Å². The van der Waals surface area contributed by atoms with Gasteiger partial charge in [0.1, 0.15) is 17.3 Å². The van der Waals surface area contributed by atoms with Gasteiger partial charge in [-0.05, 0) is 35.9 Å². The zero-order valence-electron chi connectivity index (χ0n) is 11.8. The van der Waals surface area contributed by atoms with Crippen molar-refractivity contribution in [1.29, 1.82) is 5.26 Å². The summed E-state index contributed by atoms with van der Waals surface area (Å²) in [5, 5.41) is 9.29. The fourth-order valence-electron chi connectivity index (χ4n) is 1.93. The van der Waals surface area contributed by atoms with Crippen molar-refractivity contribution in [2.24, 2.45) is 0 Å². The average molecular weight is 283 g/mol. The minimum atomic E-state index is -0.379. The van der Waals surface area contributed by atoms with E-state index in [4.69, 9.17) is 9.47 Å².